The van der Waals surface area contributed by atoms with Gasteiger partial charge in [0.05, 0.1) is 17.7 Å². The third-order valence-corrected chi connectivity index (χ3v) is 5.09. The van der Waals surface area contributed by atoms with Crippen LogP contribution in [0, 0.1) is 5.92 Å². The van der Waals surface area contributed by atoms with E-state index in [-0.39, 0.29) is 12.6 Å². The van der Waals surface area contributed by atoms with Crippen LogP contribution in [0.5, 0.6) is 5.75 Å². The van der Waals surface area contributed by atoms with E-state index in [9.17, 15) is 44.3 Å². The molecule has 1 heterocycles. The normalized spacial score (nSPS) is 21.4. The van der Waals surface area contributed by atoms with E-state index in [1.165, 1.54) is 12.1 Å². The summed E-state index contributed by atoms with van der Waals surface area (Å²) in [7, 11) is 0. The summed E-state index contributed by atoms with van der Waals surface area (Å²) in [5.41, 5.74) is -2.71. The van der Waals surface area contributed by atoms with E-state index < -0.39 is 66.0 Å². The van der Waals surface area contributed by atoms with Crippen molar-refractivity contribution in [3.05, 3.63) is 65.2 Å². The number of carbonyl (C=O) groups is 1. The zero-order chi connectivity index (χ0) is 25.3. The number of rotatable bonds is 5. The molecule has 0 saturated carbocycles. The van der Waals surface area contributed by atoms with Crippen LogP contribution in [0.3, 0.4) is 0 Å². The van der Waals surface area contributed by atoms with Gasteiger partial charge in [-0.3, -0.25) is 5.32 Å². The molecule has 0 bridgehead atoms. The first-order valence-corrected chi connectivity index (χ1v) is 9.64. The highest BCUT2D eigenvalue weighted by molar-refractivity contribution is 5.75. The molecule has 34 heavy (non-hydrogen) atoms. The molecule has 1 aliphatic heterocycles. The van der Waals surface area contributed by atoms with Crippen LogP contribution in [0.1, 0.15) is 22.6 Å². The summed E-state index contributed by atoms with van der Waals surface area (Å²) in [5, 5.41) is 2.58. The predicted octanol–water partition coefficient (Wildman–Crippen LogP) is 5.54. The lowest BCUT2D eigenvalue weighted by Gasteiger charge is -2.25. The van der Waals surface area contributed by atoms with Crippen LogP contribution >= 0.6 is 0 Å². The van der Waals surface area contributed by atoms with E-state index >= 15 is 0 Å². The van der Waals surface area contributed by atoms with E-state index in [0.717, 1.165) is 0 Å². The minimum atomic E-state index is -5.26. The predicted molar refractivity (Wildman–Crippen MR) is 98.6 cm³/mol. The van der Waals surface area contributed by atoms with Crippen molar-refractivity contribution in [3.8, 4) is 5.75 Å². The Kier molecular flexibility index (Phi) is 7.06. The lowest BCUT2D eigenvalue weighted by molar-refractivity contribution is -0.206. The Bertz CT molecular complexity index is 971. The maximum atomic E-state index is 13.1. The topological polar surface area (TPSA) is 47.6 Å². The summed E-state index contributed by atoms with van der Waals surface area (Å²) in [5.74, 6) is -4.83. The quantitative estimate of drug-likeness (QED) is 0.432. The average Bonchev–Trinajstić information content (AvgIpc) is 3.13. The van der Waals surface area contributed by atoms with Gasteiger partial charge in [0.25, 0.3) is 0 Å². The molecule has 2 aromatic rings. The lowest BCUT2D eigenvalue weighted by Crippen LogP contribution is -2.37. The van der Waals surface area contributed by atoms with Crippen LogP contribution in [-0.4, -0.2) is 31.5 Å². The fraction of sp³-hybridized carbons (Fsp3) is 0.381. The number of nitrogens with one attached hydrogen (secondary N) is 1. The average molecular weight is 501 g/mol. The maximum Gasteiger partial charge on any atom is 0.490 e. The van der Waals surface area contributed by atoms with Gasteiger partial charge in [-0.25, -0.2) is 4.79 Å². The number of hydrogen-bond donors (Lipinski definition) is 1. The van der Waals surface area contributed by atoms with Crippen LogP contribution in [0.4, 0.5) is 39.5 Å². The molecule has 4 nitrogen and oxygen atoms in total. The van der Waals surface area contributed by atoms with Crippen LogP contribution in [0.15, 0.2) is 48.5 Å². The molecule has 1 N–H and O–H groups in total. The third kappa shape index (κ3) is 6.13. The van der Waals surface area contributed by atoms with Crippen molar-refractivity contribution in [2.24, 2.45) is 5.92 Å². The van der Waals surface area contributed by atoms with E-state index in [0.29, 0.717) is 17.7 Å². The SMILES string of the molecule is O=C(OC1NCC(COc2cc(C(F)(F)F)cc(C(F)(F)F)c2)C1c1ccccc1)C(F)(F)F. The molecule has 2 aromatic carbocycles. The second-order valence-electron chi connectivity index (χ2n) is 7.48. The molecule has 0 amide bonds. The van der Waals surface area contributed by atoms with Crippen molar-refractivity contribution in [2.75, 3.05) is 13.2 Å². The molecule has 0 radical (unpaired) electrons. The van der Waals surface area contributed by atoms with Crippen LogP contribution < -0.4 is 10.1 Å². The first kappa shape index (κ1) is 25.7. The molecule has 3 rings (SSSR count). The van der Waals surface area contributed by atoms with Crippen molar-refractivity contribution in [1.29, 1.82) is 0 Å². The number of ether oxygens (including phenoxy) is 2. The fourth-order valence-electron chi connectivity index (χ4n) is 3.56. The van der Waals surface area contributed by atoms with E-state index in [2.05, 4.69) is 10.1 Å². The Balaban J connectivity index is 1.85. The first-order chi connectivity index (χ1) is 15.7. The highest BCUT2D eigenvalue weighted by Gasteiger charge is 2.47. The maximum absolute atomic E-state index is 13.1. The van der Waals surface area contributed by atoms with E-state index in [1.807, 2.05) is 0 Å². The smallest absolute Gasteiger partial charge is 0.490 e. The number of halogens is 9. The van der Waals surface area contributed by atoms with Crippen molar-refractivity contribution >= 4 is 5.97 Å². The van der Waals surface area contributed by atoms with Crippen molar-refractivity contribution in [1.82, 2.24) is 5.32 Å². The summed E-state index contributed by atoms with van der Waals surface area (Å²) in [6.45, 7) is -0.550. The summed E-state index contributed by atoms with van der Waals surface area (Å²) in [4.78, 5) is 11.3. The van der Waals surface area contributed by atoms with Gasteiger partial charge in [-0.2, -0.15) is 39.5 Å². The van der Waals surface area contributed by atoms with Crippen LogP contribution in [0.25, 0.3) is 0 Å². The van der Waals surface area contributed by atoms with Gasteiger partial charge in [-0.15, -0.1) is 0 Å². The molecule has 1 saturated heterocycles. The van der Waals surface area contributed by atoms with Gasteiger partial charge in [0.15, 0.2) is 6.23 Å². The number of esters is 1. The molecule has 13 heteroatoms. The molecular weight excluding hydrogens is 485 g/mol. The summed E-state index contributed by atoms with van der Waals surface area (Å²) in [6.07, 6.45) is -16.9. The number of carbonyl (C=O) groups excluding carboxylic acids is 1. The largest absolute Gasteiger partial charge is 0.493 e. The monoisotopic (exact) mass is 501 g/mol. The first-order valence-electron chi connectivity index (χ1n) is 9.64. The van der Waals surface area contributed by atoms with Crippen molar-refractivity contribution in [2.45, 2.75) is 30.7 Å². The Morgan fingerprint density at radius 1 is 0.882 bits per heavy atom. The Labute approximate surface area is 186 Å². The van der Waals surface area contributed by atoms with E-state index in [4.69, 9.17) is 4.74 Å². The van der Waals surface area contributed by atoms with Gasteiger partial charge in [0.2, 0.25) is 0 Å². The Morgan fingerprint density at radius 3 is 1.94 bits per heavy atom. The Hall–Kier alpha value is -2.96. The molecular formula is C21H16F9NO3. The van der Waals surface area contributed by atoms with Gasteiger partial charge in [0, 0.05) is 18.4 Å². The zero-order valence-corrected chi connectivity index (χ0v) is 16.9. The molecule has 1 aliphatic rings. The highest BCUT2D eigenvalue weighted by Crippen LogP contribution is 2.39. The van der Waals surface area contributed by atoms with E-state index in [1.54, 1.807) is 18.2 Å². The molecule has 3 atom stereocenters. The van der Waals surface area contributed by atoms with Crippen molar-refractivity contribution in [3.63, 3.8) is 0 Å². The Morgan fingerprint density at radius 2 is 1.44 bits per heavy atom. The highest BCUT2D eigenvalue weighted by atomic mass is 19.4. The number of benzene rings is 2. The summed E-state index contributed by atoms with van der Waals surface area (Å²) >= 11 is 0. The summed E-state index contributed by atoms with van der Waals surface area (Å²) < 4.78 is 126. The zero-order valence-electron chi connectivity index (χ0n) is 16.9. The second kappa shape index (κ2) is 9.35. The minimum absolute atomic E-state index is 0.0522. The molecule has 0 aromatic heterocycles. The van der Waals surface area contributed by atoms with Gasteiger partial charge in [-0.1, -0.05) is 30.3 Å². The van der Waals surface area contributed by atoms with Gasteiger partial charge in [-0.05, 0) is 23.8 Å². The van der Waals surface area contributed by atoms with Crippen LogP contribution in [0.2, 0.25) is 0 Å². The lowest BCUT2D eigenvalue weighted by atomic mass is 9.88. The molecule has 0 aliphatic carbocycles. The molecule has 0 spiro atoms. The van der Waals surface area contributed by atoms with Crippen molar-refractivity contribution < 1.29 is 53.8 Å². The number of alkyl halides is 9. The van der Waals surface area contributed by atoms with Gasteiger partial charge in [0.1, 0.15) is 5.75 Å². The van der Waals surface area contributed by atoms with Gasteiger partial charge >= 0.3 is 24.5 Å². The summed E-state index contributed by atoms with van der Waals surface area (Å²) in [6, 6.07) is 8.56. The number of hydrogen-bond acceptors (Lipinski definition) is 4. The minimum Gasteiger partial charge on any atom is -0.493 e. The third-order valence-electron chi connectivity index (χ3n) is 5.09. The molecule has 186 valence electrons. The van der Waals surface area contributed by atoms with Crippen LogP contribution in [-0.2, 0) is 21.9 Å². The standard InChI is InChI=1S/C21H16F9NO3/c22-19(23,24)13-6-14(20(25,26)27)8-15(7-13)33-10-12-9-31-17(34-18(32)21(28,29)30)16(12)11-4-2-1-3-5-11/h1-8,12,16-17,31H,9-10H2. The second-order valence-corrected chi connectivity index (χ2v) is 7.48. The fourth-order valence-corrected chi connectivity index (χ4v) is 3.56. The molecule has 3 unspecified atom stereocenters. The molecule has 1 fully saturated rings. The van der Waals surface area contributed by atoms with Gasteiger partial charge < -0.3 is 9.47 Å².